The second-order valence-electron chi connectivity index (χ2n) is 3.95. The van der Waals surface area contributed by atoms with Gasteiger partial charge in [-0.25, -0.2) is 4.98 Å². The van der Waals surface area contributed by atoms with Crippen molar-refractivity contribution in [3.63, 3.8) is 0 Å². The van der Waals surface area contributed by atoms with E-state index in [1.165, 1.54) is 0 Å². The summed E-state index contributed by atoms with van der Waals surface area (Å²) in [5.74, 6) is 0.856. The largest absolute Gasteiger partial charge is 0.338 e. The van der Waals surface area contributed by atoms with Crippen molar-refractivity contribution in [3.8, 4) is 11.4 Å². The van der Waals surface area contributed by atoms with E-state index in [0.717, 1.165) is 32.5 Å². The van der Waals surface area contributed by atoms with Crippen LogP contribution in [0, 0.1) is 6.92 Å². The molecule has 0 spiro atoms. The lowest BCUT2D eigenvalue weighted by atomic mass is 10.2. The van der Waals surface area contributed by atoms with Crippen LogP contribution in [0.25, 0.3) is 22.4 Å². The SMILES string of the molecule is Cc1cc(Br)cc2[nH]c(-c3cccnc3)nc12. The quantitative estimate of drug-likeness (QED) is 0.742. The van der Waals surface area contributed by atoms with Gasteiger partial charge < -0.3 is 4.98 Å². The normalized spacial score (nSPS) is 10.9. The van der Waals surface area contributed by atoms with Crippen molar-refractivity contribution in [1.29, 1.82) is 0 Å². The molecule has 0 unspecified atom stereocenters. The average Bonchev–Trinajstić information content (AvgIpc) is 2.74. The summed E-state index contributed by atoms with van der Waals surface area (Å²) in [6.07, 6.45) is 3.57. The number of imidazole rings is 1. The predicted octanol–water partition coefficient (Wildman–Crippen LogP) is 3.70. The molecule has 0 saturated heterocycles. The molecule has 17 heavy (non-hydrogen) atoms. The Labute approximate surface area is 107 Å². The lowest BCUT2D eigenvalue weighted by Crippen LogP contribution is -1.80. The molecular weight excluding hydrogens is 278 g/mol. The number of rotatable bonds is 1. The van der Waals surface area contributed by atoms with Gasteiger partial charge in [-0.15, -0.1) is 0 Å². The molecule has 3 nitrogen and oxygen atoms in total. The Hall–Kier alpha value is -1.68. The van der Waals surface area contributed by atoms with Crippen LogP contribution in [0.1, 0.15) is 5.56 Å². The van der Waals surface area contributed by atoms with Gasteiger partial charge in [0.15, 0.2) is 0 Å². The van der Waals surface area contributed by atoms with Crippen LogP contribution < -0.4 is 0 Å². The number of halogens is 1. The number of fused-ring (bicyclic) bond motifs is 1. The van der Waals surface area contributed by atoms with Crippen LogP contribution in [0.2, 0.25) is 0 Å². The molecule has 4 heteroatoms. The van der Waals surface area contributed by atoms with Gasteiger partial charge in [0.25, 0.3) is 0 Å². The predicted molar refractivity (Wildman–Crippen MR) is 71.8 cm³/mol. The van der Waals surface area contributed by atoms with Gasteiger partial charge in [0, 0.05) is 22.4 Å². The topological polar surface area (TPSA) is 41.6 Å². The molecule has 0 amide bonds. The van der Waals surface area contributed by atoms with Crippen LogP contribution in [0.15, 0.2) is 41.1 Å². The first kappa shape index (κ1) is 10.5. The van der Waals surface area contributed by atoms with E-state index in [4.69, 9.17) is 0 Å². The molecule has 1 N–H and O–H groups in total. The summed E-state index contributed by atoms with van der Waals surface area (Å²) in [7, 11) is 0. The fourth-order valence-corrected chi connectivity index (χ4v) is 2.46. The van der Waals surface area contributed by atoms with E-state index in [-0.39, 0.29) is 0 Å². The molecule has 2 aromatic heterocycles. The Balaban J connectivity index is 2.24. The number of hydrogen-bond donors (Lipinski definition) is 1. The maximum Gasteiger partial charge on any atom is 0.140 e. The van der Waals surface area contributed by atoms with Crippen LogP contribution in [0.3, 0.4) is 0 Å². The number of aryl methyl sites for hydroxylation is 1. The number of hydrogen-bond acceptors (Lipinski definition) is 2. The van der Waals surface area contributed by atoms with E-state index in [1.807, 2.05) is 24.4 Å². The van der Waals surface area contributed by atoms with E-state index >= 15 is 0 Å². The van der Waals surface area contributed by atoms with Crippen molar-refractivity contribution in [1.82, 2.24) is 15.0 Å². The average molecular weight is 288 g/mol. The van der Waals surface area contributed by atoms with Crippen molar-refractivity contribution in [2.45, 2.75) is 6.92 Å². The molecule has 0 atom stereocenters. The maximum atomic E-state index is 4.61. The Morgan fingerprint density at radius 3 is 2.94 bits per heavy atom. The summed E-state index contributed by atoms with van der Waals surface area (Å²) in [5, 5.41) is 0. The number of H-pyrrole nitrogens is 1. The molecule has 0 bridgehead atoms. The Kier molecular flexibility index (Phi) is 2.44. The van der Waals surface area contributed by atoms with E-state index in [9.17, 15) is 0 Å². The molecule has 2 heterocycles. The standard InChI is InChI=1S/C13H10BrN3/c1-8-5-10(14)6-11-12(8)17-13(16-11)9-3-2-4-15-7-9/h2-7H,1H3,(H,16,17). The molecule has 1 aromatic carbocycles. The molecule has 0 fully saturated rings. The summed E-state index contributed by atoms with van der Waals surface area (Å²) in [4.78, 5) is 12.0. The molecule has 3 rings (SSSR count). The summed E-state index contributed by atoms with van der Waals surface area (Å²) in [5.41, 5.74) is 4.20. The lowest BCUT2D eigenvalue weighted by molar-refractivity contribution is 1.27. The van der Waals surface area contributed by atoms with Crippen molar-refractivity contribution < 1.29 is 0 Å². The highest BCUT2D eigenvalue weighted by Crippen LogP contribution is 2.25. The summed E-state index contributed by atoms with van der Waals surface area (Å²) < 4.78 is 1.06. The first-order valence-corrected chi connectivity index (χ1v) is 6.09. The first-order valence-electron chi connectivity index (χ1n) is 5.30. The zero-order valence-corrected chi connectivity index (χ0v) is 10.8. The third-order valence-electron chi connectivity index (χ3n) is 2.68. The summed E-state index contributed by atoms with van der Waals surface area (Å²) in [6.45, 7) is 2.06. The number of pyridine rings is 1. The lowest BCUT2D eigenvalue weighted by Gasteiger charge is -1.94. The van der Waals surface area contributed by atoms with Crippen molar-refractivity contribution in [2.75, 3.05) is 0 Å². The van der Waals surface area contributed by atoms with Crippen LogP contribution >= 0.6 is 15.9 Å². The van der Waals surface area contributed by atoms with E-state index in [0.29, 0.717) is 0 Å². The smallest absolute Gasteiger partial charge is 0.140 e. The van der Waals surface area contributed by atoms with Crippen LogP contribution in [-0.2, 0) is 0 Å². The van der Waals surface area contributed by atoms with Crippen molar-refractivity contribution in [3.05, 3.63) is 46.7 Å². The molecule has 0 aliphatic rings. The van der Waals surface area contributed by atoms with Gasteiger partial charge in [0.2, 0.25) is 0 Å². The molecule has 84 valence electrons. The Morgan fingerprint density at radius 2 is 2.18 bits per heavy atom. The van der Waals surface area contributed by atoms with E-state index in [2.05, 4.69) is 43.9 Å². The van der Waals surface area contributed by atoms with Gasteiger partial charge in [-0.2, -0.15) is 0 Å². The highest BCUT2D eigenvalue weighted by Gasteiger charge is 2.07. The molecular formula is C13H10BrN3. The van der Waals surface area contributed by atoms with E-state index < -0.39 is 0 Å². The molecule has 0 aliphatic heterocycles. The number of aromatic nitrogens is 3. The minimum absolute atomic E-state index is 0.856. The second kappa shape index (κ2) is 3.96. The zero-order chi connectivity index (χ0) is 11.8. The zero-order valence-electron chi connectivity index (χ0n) is 9.24. The first-order chi connectivity index (χ1) is 8.24. The molecule has 0 aliphatic carbocycles. The maximum absolute atomic E-state index is 4.61. The third kappa shape index (κ3) is 1.85. The van der Waals surface area contributed by atoms with E-state index in [1.54, 1.807) is 6.20 Å². The van der Waals surface area contributed by atoms with Gasteiger partial charge in [0.05, 0.1) is 11.0 Å². The highest BCUT2D eigenvalue weighted by molar-refractivity contribution is 9.10. The summed E-state index contributed by atoms with van der Waals surface area (Å²) >= 11 is 3.49. The van der Waals surface area contributed by atoms with Crippen LogP contribution in [-0.4, -0.2) is 15.0 Å². The number of nitrogens with zero attached hydrogens (tertiary/aromatic N) is 2. The fraction of sp³-hybridized carbons (Fsp3) is 0.0769. The van der Waals surface area contributed by atoms with Crippen molar-refractivity contribution >= 4 is 27.0 Å². The molecule has 3 aromatic rings. The monoisotopic (exact) mass is 287 g/mol. The minimum Gasteiger partial charge on any atom is -0.338 e. The van der Waals surface area contributed by atoms with Crippen LogP contribution in [0.5, 0.6) is 0 Å². The summed E-state index contributed by atoms with van der Waals surface area (Å²) in [6, 6.07) is 8.01. The van der Waals surface area contributed by atoms with Gasteiger partial charge in [-0.1, -0.05) is 15.9 Å². The second-order valence-corrected chi connectivity index (χ2v) is 4.86. The molecule has 0 saturated carbocycles. The third-order valence-corrected chi connectivity index (χ3v) is 3.13. The number of aromatic amines is 1. The Bertz CT molecular complexity index is 674. The minimum atomic E-state index is 0.856. The highest BCUT2D eigenvalue weighted by atomic mass is 79.9. The van der Waals surface area contributed by atoms with Crippen molar-refractivity contribution in [2.24, 2.45) is 0 Å². The molecule has 0 radical (unpaired) electrons. The van der Waals surface area contributed by atoms with Gasteiger partial charge >= 0.3 is 0 Å². The number of benzene rings is 1. The Morgan fingerprint density at radius 1 is 1.29 bits per heavy atom. The van der Waals surface area contributed by atoms with Gasteiger partial charge in [-0.3, -0.25) is 4.98 Å². The number of nitrogens with one attached hydrogen (secondary N) is 1. The van der Waals surface area contributed by atoms with Crippen LogP contribution in [0.4, 0.5) is 0 Å². The fourth-order valence-electron chi connectivity index (χ4n) is 1.89. The van der Waals surface area contributed by atoms with Gasteiger partial charge in [-0.05, 0) is 36.8 Å². The van der Waals surface area contributed by atoms with Gasteiger partial charge in [0.1, 0.15) is 5.82 Å².